The molecule has 4 aromatic rings. The van der Waals surface area contributed by atoms with E-state index in [4.69, 9.17) is 41.8 Å². The third-order valence-electron chi connectivity index (χ3n) is 7.50. The maximum absolute atomic E-state index is 13.4. The summed E-state index contributed by atoms with van der Waals surface area (Å²) in [7, 11) is -4.94. The molecule has 26 heteroatoms. The molecule has 0 radical (unpaired) electrons. The molecule has 252 valence electrons. The Kier molecular flexibility index (Phi) is 9.44. The Morgan fingerprint density at radius 3 is 1.76 bits per heavy atom. The van der Waals surface area contributed by atoms with E-state index in [1.807, 2.05) is 0 Å². The van der Waals surface area contributed by atoms with E-state index >= 15 is 0 Å². The summed E-state index contributed by atoms with van der Waals surface area (Å²) in [6, 6.07) is -2.59. The predicted octanol–water partition coefficient (Wildman–Crippen LogP) is -2.88. The van der Waals surface area contributed by atoms with Gasteiger partial charge in [0.05, 0.1) is 44.6 Å². The summed E-state index contributed by atoms with van der Waals surface area (Å²) in [5.41, 5.74) is 12.6. The highest BCUT2D eigenvalue weighted by Crippen LogP contribution is 2.45. The van der Waals surface area contributed by atoms with Gasteiger partial charge in [-0.1, -0.05) is 11.8 Å². The lowest BCUT2D eigenvalue weighted by Gasteiger charge is -2.38. The summed E-state index contributed by atoms with van der Waals surface area (Å²) in [6.07, 6.45) is -2.87. The summed E-state index contributed by atoms with van der Waals surface area (Å²) in [6.45, 7) is -5.35. The number of aliphatic hydroxyl groups excluding tert-OH is 2. The number of aliphatic hydroxyl groups is 2. The Morgan fingerprint density at radius 2 is 1.26 bits per heavy atom. The number of quaternary nitrogens is 2. The number of hydrogen-bond acceptors (Lipinski definition) is 18. The van der Waals surface area contributed by atoms with Crippen LogP contribution < -0.4 is 43.7 Å². The van der Waals surface area contributed by atoms with E-state index in [9.17, 15) is 24.6 Å². The van der Waals surface area contributed by atoms with Crippen molar-refractivity contribution in [2.24, 2.45) is 0 Å². The molecule has 0 bridgehead atoms. The zero-order chi connectivity index (χ0) is 31.0. The van der Waals surface area contributed by atoms with Gasteiger partial charge in [0.1, 0.15) is 48.1 Å². The van der Waals surface area contributed by atoms with Crippen LogP contribution in [0.2, 0.25) is 0 Å². The smallest absolute Gasteiger partial charge is 0.204 e. The van der Waals surface area contributed by atoms with Crippen LogP contribution in [-0.4, -0.2) is 99.0 Å². The van der Waals surface area contributed by atoms with E-state index in [1.165, 1.54) is 34.4 Å². The number of hydrogen-bond donors (Lipinski definition) is 8. The van der Waals surface area contributed by atoms with Gasteiger partial charge >= 0.3 is 0 Å². The van der Waals surface area contributed by atoms with Crippen molar-refractivity contribution in [1.82, 2.24) is 61.5 Å². The average molecular weight is 707 g/mol. The fourth-order valence-corrected chi connectivity index (χ4v) is 8.20. The molecule has 3 saturated heterocycles. The lowest BCUT2D eigenvalue weighted by atomic mass is 10.1. The van der Waals surface area contributed by atoms with Crippen LogP contribution in [0.5, 0.6) is 0 Å². The molecule has 0 aromatic carbocycles. The van der Waals surface area contributed by atoms with Crippen molar-refractivity contribution in [3.63, 3.8) is 0 Å². The first-order valence-corrected chi connectivity index (χ1v) is 17.1. The van der Waals surface area contributed by atoms with Crippen molar-refractivity contribution in [1.29, 1.82) is 0 Å². The Hall–Kier alpha value is -2.90. The lowest BCUT2D eigenvalue weighted by Crippen LogP contribution is -2.50. The quantitative estimate of drug-likeness (QED) is 0.0970. The highest BCUT2D eigenvalue weighted by Gasteiger charge is 2.49. The highest BCUT2D eigenvalue weighted by molar-refractivity contribution is 8.07. The number of nitrogens with one attached hydrogen (secondary N) is 2. The van der Waals surface area contributed by atoms with E-state index in [-0.39, 0.29) is 46.3 Å². The van der Waals surface area contributed by atoms with Gasteiger partial charge in [-0.25, -0.2) is 35.0 Å². The molecule has 3 fully saturated rings. The number of ether oxygens (including phenoxy) is 2. The zero-order valence-electron chi connectivity index (χ0n) is 24.1. The van der Waals surface area contributed by atoms with Crippen LogP contribution >= 0.6 is 14.4 Å². The standard InChI is InChI=1S/C20H26N12O9P2S.2H3N/c21-15-11-17(25-3-23-15)31(5-27-11)19-13(33)9-8(41-19)2-39-43(37,44)30-10-7(1-38-42(35,36)29-9)40-20(14(10)34)32-6-28-12-16(22)24-4-26-18(12)32;;/h3-10,13-14,19-20,33-34H,1-2H2,(H2,21,23,25)(H2,22,24,26)(H2,29,35,36)(H2,30,37,44);2*1H3/t7-,8-,9-,10-,13-,14-,19-,20-,43?;;/m1../s1. The van der Waals surface area contributed by atoms with Gasteiger partial charge in [0.25, 0.3) is 0 Å². The topological polar surface area (TPSA) is 377 Å². The van der Waals surface area contributed by atoms with Crippen molar-refractivity contribution in [2.75, 3.05) is 24.7 Å². The van der Waals surface area contributed by atoms with Gasteiger partial charge in [-0.15, -0.1) is 0 Å². The molecule has 46 heavy (non-hydrogen) atoms. The third kappa shape index (κ3) is 5.98. The molecule has 0 aliphatic carbocycles. The third-order valence-corrected chi connectivity index (χ3v) is 10.3. The second-order valence-electron chi connectivity index (χ2n) is 10.2. The average Bonchev–Trinajstić information content (AvgIpc) is 3.73. The van der Waals surface area contributed by atoms with Crippen molar-refractivity contribution in [2.45, 2.75) is 49.0 Å². The molecule has 3 aliphatic rings. The fraction of sp³-hybridized carbons (Fsp3) is 0.500. The van der Waals surface area contributed by atoms with Gasteiger partial charge in [-0.05, 0) is 0 Å². The number of imidazole rings is 2. The van der Waals surface area contributed by atoms with E-state index in [0.717, 1.165) is 0 Å². The Labute approximate surface area is 263 Å². The van der Waals surface area contributed by atoms with E-state index < -0.39 is 76.6 Å². The number of nitrogen functional groups attached to an aromatic ring is 2. The van der Waals surface area contributed by atoms with Gasteiger partial charge in [0, 0.05) is 0 Å². The number of nitrogens with zero attached hydrogens (tertiary/aromatic N) is 8. The molecular formula is C20H32N14O9P2S. The number of aromatic nitrogens is 8. The molecule has 0 amide bonds. The van der Waals surface area contributed by atoms with Crippen molar-refractivity contribution < 1.29 is 43.1 Å². The van der Waals surface area contributed by atoms with Gasteiger partial charge < -0.3 is 62.3 Å². The van der Waals surface area contributed by atoms with E-state index in [2.05, 4.69) is 40.1 Å². The van der Waals surface area contributed by atoms with Gasteiger partial charge in [-0.2, -0.15) is 0 Å². The first-order chi connectivity index (χ1) is 20.9. The minimum Gasteiger partial charge on any atom is -0.789 e. The normalized spacial score (nSPS) is 36.6. The predicted molar refractivity (Wildman–Crippen MR) is 159 cm³/mol. The molecule has 16 N–H and O–H groups in total. The maximum atomic E-state index is 13.4. The Morgan fingerprint density at radius 1 is 0.804 bits per heavy atom. The van der Waals surface area contributed by atoms with Crippen molar-refractivity contribution in [3.8, 4) is 0 Å². The molecule has 4 aromatic heterocycles. The van der Waals surface area contributed by atoms with Crippen LogP contribution in [0.3, 0.4) is 0 Å². The van der Waals surface area contributed by atoms with Crippen LogP contribution in [-0.2, 0) is 34.9 Å². The number of nitrogens with two attached hydrogens (primary N) is 2. The minimum absolute atomic E-state index is 0. The van der Waals surface area contributed by atoms with Crippen LogP contribution in [0.25, 0.3) is 22.3 Å². The SMILES string of the molecule is Nc1ncnc2c1ncn2[C@@H]1O[C@@H]2COP([O-])(=S)N[C@H]3[C@@H](O)[C@H](n4cnc5c(N)ncnc54)O[C@@H]3COP(=O)([O-])N[C@H]2[C@H]1O.[NH4+].[NH4+]. The molecule has 7 heterocycles. The summed E-state index contributed by atoms with van der Waals surface area (Å²) in [5.74, 6) is 0.174. The van der Waals surface area contributed by atoms with Gasteiger partial charge in [-0.3, -0.25) is 18.8 Å². The molecule has 0 saturated carbocycles. The number of anilines is 2. The van der Waals surface area contributed by atoms with E-state index in [0.29, 0.717) is 0 Å². The van der Waals surface area contributed by atoms with Crippen molar-refractivity contribution in [3.05, 3.63) is 25.3 Å². The summed E-state index contributed by atoms with van der Waals surface area (Å²) in [5, 5.41) is 27.3. The first-order valence-electron chi connectivity index (χ1n) is 12.9. The summed E-state index contributed by atoms with van der Waals surface area (Å²) >= 11 is 5.21. The summed E-state index contributed by atoms with van der Waals surface area (Å²) in [4.78, 5) is 50.9. The molecule has 23 nitrogen and oxygen atoms in total. The summed E-state index contributed by atoms with van der Waals surface area (Å²) < 4.78 is 38.5. The molecule has 0 spiro atoms. The van der Waals surface area contributed by atoms with E-state index in [1.54, 1.807) is 0 Å². The molecule has 3 aliphatic heterocycles. The largest absolute Gasteiger partial charge is 0.789 e. The van der Waals surface area contributed by atoms with Gasteiger partial charge in [0.2, 0.25) is 7.75 Å². The molecule has 10 atom stereocenters. The monoisotopic (exact) mass is 706 g/mol. The van der Waals surface area contributed by atoms with Crippen LogP contribution in [0.15, 0.2) is 25.3 Å². The maximum Gasteiger partial charge on any atom is 0.204 e. The highest BCUT2D eigenvalue weighted by atomic mass is 32.5. The fourth-order valence-electron chi connectivity index (χ4n) is 5.44. The second kappa shape index (κ2) is 12.6. The Bertz CT molecular complexity index is 1700. The number of rotatable bonds is 2. The van der Waals surface area contributed by atoms with Crippen molar-refractivity contribution >= 4 is 60.2 Å². The molecule has 7 rings (SSSR count). The lowest BCUT2D eigenvalue weighted by molar-refractivity contribution is -0.207. The van der Waals surface area contributed by atoms with Crippen LogP contribution in [0.1, 0.15) is 12.5 Å². The number of fused-ring (bicyclic) bond motifs is 4. The van der Waals surface area contributed by atoms with Gasteiger partial charge in [0.15, 0.2) is 35.4 Å². The molecular weight excluding hydrogens is 674 g/mol. The van der Waals surface area contributed by atoms with Crippen LogP contribution in [0, 0.1) is 0 Å². The Balaban J connectivity index is 0.00000208. The van der Waals surface area contributed by atoms with Crippen LogP contribution in [0.4, 0.5) is 11.6 Å². The second-order valence-corrected chi connectivity index (χ2v) is 14.6. The zero-order valence-corrected chi connectivity index (χ0v) is 26.7. The minimum atomic E-state index is -4.94. The first kappa shape index (κ1) is 34.4. The molecule has 2 unspecified atom stereocenters.